The molecule has 0 aliphatic rings. The maximum atomic E-state index is 2.34. The highest BCUT2D eigenvalue weighted by atomic mass is 15.3. The molecule has 0 spiro atoms. The highest BCUT2D eigenvalue weighted by molar-refractivity contribution is 4.56. The van der Waals surface area contributed by atoms with Gasteiger partial charge in [0.25, 0.3) is 0 Å². The van der Waals surface area contributed by atoms with Crippen LogP contribution in [-0.4, -0.2) is 30.7 Å². The van der Waals surface area contributed by atoms with E-state index in [1.54, 1.807) is 0 Å². The Bertz CT molecular complexity index is 473. The summed E-state index contributed by atoms with van der Waals surface area (Å²) in [6.07, 6.45) is 58.7. The molecule has 2 nitrogen and oxygen atoms in total. The first kappa shape index (κ1) is 52.0. The van der Waals surface area contributed by atoms with Crippen LogP contribution in [0.4, 0.5) is 0 Å². The van der Waals surface area contributed by atoms with Crippen molar-refractivity contribution in [1.82, 2.24) is 6.15 Å². The van der Waals surface area contributed by atoms with Crippen LogP contribution in [0.15, 0.2) is 0 Å². The minimum absolute atomic E-state index is 0. The van der Waals surface area contributed by atoms with Gasteiger partial charge in [-0.05, 0) is 51.4 Å². The minimum Gasteiger partial charge on any atom is -0.344 e. The maximum Gasteiger partial charge on any atom is 0.0786 e. The van der Waals surface area contributed by atoms with Crippen LogP contribution in [0.2, 0.25) is 0 Å². The molecule has 0 fully saturated rings. The maximum absolute atomic E-state index is 2.34. The first-order valence-corrected chi connectivity index (χ1v) is 24.1. The van der Waals surface area contributed by atoms with Crippen molar-refractivity contribution >= 4 is 0 Å². The van der Waals surface area contributed by atoms with Crippen LogP contribution in [-0.2, 0) is 0 Å². The molecule has 0 aromatic carbocycles. The third kappa shape index (κ3) is 39.1. The van der Waals surface area contributed by atoms with Crippen molar-refractivity contribution in [2.24, 2.45) is 0 Å². The predicted octanol–water partition coefficient (Wildman–Crippen LogP) is 17.6. The van der Waals surface area contributed by atoms with E-state index in [1.165, 1.54) is 287 Å². The van der Waals surface area contributed by atoms with E-state index in [2.05, 4.69) is 27.7 Å². The Morgan fingerprint density at radius 1 is 0.180 bits per heavy atom. The van der Waals surface area contributed by atoms with Gasteiger partial charge in [0.15, 0.2) is 0 Å². The molecule has 3 N–H and O–H groups in total. The molecule has 0 aromatic heterocycles. The number of unbranched alkanes of at least 4 members (excludes halogenated alkanes) is 36. The third-order valence-corrected chi connectivity index (χ3v) is 11.9. The van der Waals surface area contributed by atoms with E-state index in [0.717, 1.165) is 0 Å². The Morgan fingerprint density at radius 2 is 0.300 bits per heavy atom. The van der Waals surface area contributed by atoms with Crippen molar-refractivity contribution in [3.05, 3.63) is 0 Å². The molecular formula is C48H103N2+. The highest BCUT2D eigenvalue weighted by Gasteiger charge is 2.25. The molecule has 0 rings (SSSR count). The Labute approximate surface area is 320 Å². The molecule has 0 heterocycles. The quantitative estimate of drug-likeness (QED) is 0.0496. The molecule has 0 saturated carbocycles. The molecule has 0 radical (unpaired) electrons. The van der Waals surface area contributed by atoms with E-state index < -0.39 is 0 Å². The van der Waals surface area contributed by atoms with Crippen LogP contribution in [0.1, 0.15) is 285 Å². The number of rotatable bonds is 44. The first-order chi connectivity index (χ1) is 24.2. The van der Waals surface area contributed by atoms with E-state index in [-0.39, 0.29) is 6.15 Å². The number of hydrogen-bond acceptors (Lipinski definition) is 1. The number of quaternary nitrogens is 1. The molecule has 0 aliphatic carbocycles. The van der Waals surface area contributed by atoms with Gasteiger partial charge in [-0.2, -0.15) is 0 Å². The lowest BCUT2D eigenvalue weighted by molar-refractivity contribution is -0.929. The summed E-state index contributed by atoms with van der Waals surface area (Å²) in [5.41, 5.74) is 0. The highest BCUT2D eigenvalue weighted by Crippen LogP contribution is 2.22. The second kappa shape index (κ2) is 45.1. The van der Waals surface area contributed by atoms with Gasteiger partial charge in [-0.3, -0.25) is 0 Å². The Hall–Kier alpha value is -0.0800. The van der Waals surface area contributed by atoms with Crippen molar-refractivity contribution in [2.75, 3.05) is 26.2 Å². The second-order valence-electron chi connectivity index (χ2n) is 17.0. The molecule has 0 unspecified atom stereocenters. The van der Waals surface area contributed by atoms with Crippen LogP contribution in [0.3, 0.4) is 0 Å². The van der Waals surface area contributed by atoms with Gasteiger partial charge in [-0.15, -0.1) is 0 Å². The summed E-state index contributed by atoms with van der Waals surface area (Å²) in [5.74, 6) is 0. The van der Waals surface area contributed by atoms with E-state index in [4.69, 9.17) is 0 Å². The lowest BCUT2D eigenvalue weighted by Crippen LogP contribution is -2.50. The Morgan fingerprint density at radius 3 is 0.440 bits per heavy atom. The smallest absolute Gasteiger partial charge is 0.0786 e. The molecule has 0 amide bonds. The fourth-order valence-electron chi connectivity index (χ4n) is 8.41. The van der Waals surface area contributed by atoms with Gasteiger partial charge in [-0.25, -0.2) is 0 Å². The van der Waals surface area contributed by atoms with Crippen LogP contribution >= 0.6 is 0 Å². The fraction of sp³-hybridized carbons (Fsp3) is 1.00. The van der Waals surface area contributed by atoms with Gasteiger partial charge >= 0.3 is 0 Å². The standard InChI is InChI=1S/C48H100N.H3N/c1-5-9-13-17-21-25-29-33-37-41-45-49(46-42-38-34-30-26-22-18-14-10-6-2,47-43-39-35-31-27-23-19-15-11-7-3)48-44-40-36-32-28-24-20-16-12-8-4;/h5-48H2,1-4H3;1H3/q+1;. The minimum atomic E-state index is 0. The summed E-state index contributed by atoms with van der Waals surface area (Å²) in [5, 5.41) is 0. The summed E-state index contributed by atoms with van der Waals surface area (Å²) in [6.45, 7) is 15.3. The topological polar surface area (TPSA) is 35.0 Å². The Balaban J connectivity index is 0. The van der Waals surface area contributed by atoms with E-state index in [1.807, 2.05) is 0 Å². The number of hydrogen-bond donors (Lipinski definition) is 1. The largest absolute Gasteiger partial charge is 0.344 e. The van der Waals surface area contributed by atoms with Crippen LogP contribution in [0.25, 0.3) is 0 Å². The van der Waals surface area contributed by atoms with Gasteiger partial charge in [0.1, 0.15) is 0 Å². The van der Waals surface area contributed by atoms with Gasteiger partial charge in [-0.1, -0.05) is 233 Å². The first-order valence-electron chi connectivity index (χ1n) is 24.1. The monoisotopic (exact) mass is 708 g/mol. The average molecular weight is 708 g/mol. The third-order valence-electron chi connectivity index (χ3n) is 11.9. The SMILES string of the molecule is CCCCCCCCCCCC[N+](CCCCCCCCCCCC)(CCCCCCCCCCCC)CCCCCCCCCCCC.N. The van der Waals surface area contributed by atoms with E-state index in [0.29, 0.717) is 0 Å². The lowest BCUT2D eigenvalue weighted by Gasteiger charge is -2.40. The van der Waals surface area contributed by atoms with E-state index in [9.17, 15) is 0 Å². The van der Waals surface area contributed by atoms with E-state index >= 15 is 0 Å². The second-order valence-corrected chi connectivity index (χ2v) is 17.0. The molecule has 0 bridgehead atoms. The molecule has 2 heteroatoms. The van der Waals surface area contributed by atoms with Crippen LogP contribution in [0.5, 0.6) is 0 Å². The van der Waals surface area contributed by atoms with Crippen molar-refractivity contribution in [2.45, 2.75) is 285 Å². The van der Waals surface area contributed by atoms with Gasteiger partial charge in [0.2, 0.25) is 0 Å². The summed E-state index contributed by atoms with van der Waals surface area (Å²) < 4.78 is 1.49. The lowest BCUT2D eigenvalue weighted by atomic mass is 10.0. The summed E-state index contributed by atoms with van der Waals surface area (Å²) in [7, 11) is 0. The van der Waals surface area contributed by atoms with Crippen LogP contribution < -0.4 is 6.15 Å². The van der Waals surface area contributed by atoms with Crippen molar-refractivity contribution < 1.29 is 4.48 Å². The van der Waals surface area contributed by atoms with Crippen molar-refractivity contribution in [3.63, 3.8) is 0 Å². The molecule has 0 aliphatic heterocycles. The Kier molecular flexibility index (Phi) is 46.9. The summed E-state index contributed by atoms with van der Waals surface area (Å²) in [4.78, 5) is 0. The zero-order chi connectivity index (χ0) is 35.6. The normalized spacial score (nSPS) is 11.8. The molecule has 304 valence electrons. The van der Waals surface area contributed by atoms with Gasteiger partial charge in [0.05, 0.1) is 26.2 Å². The molecule has 0 atom stereocenters. The number of nitrogens with zero attached hydrogens (tertiary/aromatic N) is 1. The predicted molar refractivity (Wildman–Crippen MR) is 232 cm³/mol. The van der Waals surface area contributed by atoms with Crippen LogP contribution in [0, 0.1) is 0 Å². The zero-order valence-electron chi connectivity index (χ0n) is 36.3. The summed E-state index contributed by atoms with van der Waals surface area (Å²) >= 11 is 0. The molecule has 50 heavy (non-hydrogen) atoms. The fourth-order valence-corrected chi connectivity index (χ4v) is 8.41. The molecular weight excluding hydrogens is 605 g/mol. The van der Waals surface area contributed by atoms with Crippen molar-refractivity contribution in [3.8, 4) is 0 Å². The average Bonchev–Trinajstić information content (AvgIpc) is 3.11. The van der Waals surface area contributed by atoms with Gasteiger partial charge in [0, 0.05) is 0 Å². The summed E-state index contributed by atoms with van der Waals surface area (Å²) in [6, 6.07) is 0. The van der Waals surface area contributed by atoms with Gasteiger partial charge < -0.3 is 10.6 Å². The zero-order valence-corrected chi connectivity index (χ0v) is 36.3. The molecule has 0 saturated heterocycles. The van der Waals surface area contributed by atoms with Crippen molar-refractivity contribution in [1.29, 1.82) is 0 Å². The molecule has 0 aromatic rings.